The minimum Gasteiger partial charge on any atom is -0.347 e. The van der Waals surface area contributed by atoms with E-state index < -0.39 is 0 Å². The molecule has 0 amide bonds. The van der Waals surface area contributed by atoms with E-state index in [4.69, 9.17) is 0 Å². The smallest absolute Gasteiger partial charge is 0.0480 e. The van der Waals surface area contributed by atoms with Crippen molar-refractivity contribution in [2.24, 2.45) is 0 Å². The molecular weight excluding hydrogens is 220 g/mol. The standard InChI is InChI=1S/C16H22N2/c1-13-4-7-16-14(12-13)8-11-18(16)10-3-2-9-17-15-5-6-15/h4,7-8,11-12,15,17H,2-3,5-6,9-10H2,1H3. The van der Waals surface area contributed by atoms with Crippen LogP contribution in [0.3, 0.4) is 0 Å². The highest BCUT2D eigenvalue weighted by molar-refractivity contribution is 5.80. The van der Waals surface area contributed by atoms with Crippen LogP contribution in [0.15, 0.2) is 30.5 Å². The summed E-state index contributed by atoms with van der Waals surface area (Å²) in [7, 11) is 0. The molecule has 2 heteroatoms. The molecule has 0 bridgehead atoms. The van der Waals surface area contributed by atoms with E-state index in [1.807, 2.05) is 0 Å². The fraction of sp³-hybridized carbons (Fsp3) is 0.500. The molecule has 1 heterocycles. The molecule has 2 nitrogen and oxygen atoms in total. The van der Waals surface area contributed by atoms with Gasteiger partial charge in [-0.15, -0.1) is 0 Å². The maximum absolute atomic E-state index is 3.57. The number of aromatic nitrogens is 1. The minimum absolute atomic E-state index is 0.848. The van der Waals surface area contributed by atoms with Gasteiger partial charge in [0.25, 0.3) is 0 Å². The van der Waals surface area contributed by atoms with Crippen LogP contribution in [-0.2, 0) is 6.54 Å². The topological polar surface area (TPSA) is 17.0 Å². The van der Waals surface area contributed by atoms with Gasteiger partial charge in [0, 0.05) is 24.3 Å². The van der Waals surface area contributed by atoms with Gasteiger partial charge in [-0.2, -0.15) is 0 Å². The molecule has 0 saturated heterocycles. The zero-order valence-electron chi connectivity index (χ0n) is 11.2. The average molecular weight is 242 g/mol. The molecule has 1 fully saturated rings. The highest BCUT2D eigenvalue weighted by atomic mass is 15.0. The zero-order chi connectivity index (χ0) is 12.4. The minimum atomic E-state index is 0.848. The largest absolute Gasteiger partial charge is 0.347 e. The lowest BCUT2D eigenvalue weighted by atomic mass is 10.2. The number of hydrogen-bond donors (Lipinski definition) is 1. The molecule has 0 spiro atoms. The van der Waals surface area contributed by atoms with Crippen molar-refractivity contribution in [1.82, 2.24) is 9.88 Å². The third-order valence-corrected chi connectivity index (χ3v) is 3.76. The molecule has 1 saturated carbocycles. The molecule has 0 atom stereocenters. The number of nitrogens with zero attached hydrogens (tertiary/aromatic N) is 1. The molecule has 3 rings (SSSR count). The van der Waals surface area contributed by atoms with Crippen LogP contribution in [0.1, 0.15) is 31.2 Å². The summed E-state index contributed by atoms with van der Waals surface area (Å²) in [6, 6.07) is 9.78. The van der Waals surface area contributed by atoms with E-state index in [1.54, 1.807) is 0 Å². The van der Waals surface area contributed by atoms with E-state index in [0.717, 1.165) is 12.6 Å². The number of rotatable bonds is 6. The monoisotopic (exact) mass is 242 g/mol. The highest BCUT2D eigenvalue weighted by Crippen LogP contribution is 2.19. The second kappa shape index (κ2) is 5.15. The highest BCUT2D eigenvalue weighted by Gasteiger charge is 2.19. The number of nitrogens with one attached hydrogen (secondary N) is 1. The molecule has 96 valence electrons. The molecule has 1 aliphatic rings. The van der Waals surface area contributed by atoms with Crippen molar-refractivity contribution in [1.29, 1.82) is 0 Å². The second-order valence-electron chi connectivity index (χ2n) is 5.51. The molecule has 18 heavy (non-hydrogen) atoms. The van der Waals surface area contributed by atoms with Crippen molar-refractivity contribution in [3.8, 4) is 0 Å². The van der Waals surface area contributed by atoms with Crippen LogP contribution >= 0.6 is 0 Å². The Morgan fingerprint density at radius 3 is 2.94 bits per heavy atom. The van der Waals surface area contributed by atoms with Crippen LogP contribution in [0.25, 0.3) is 10.9 Å². The summed E-state index contributed by atoms with van der Waals surface area (Å²) in [5.74, 6) is 0. The van der Waals surface area contributed by atoms with E-state index in [0.29, 0.717) is 0 Å². The van der Waals surface area contributed by atoms with Crippen LogP contribution in [0.2, 0.25) is 0 Å². The summed E-state index contributed by atoms with van der Waals surface area (Å²) in [4.78, 5) is 0. The summed E-state index contributed by atoms with van der Waals surface area (Å²) in [5, 5.41) is 4.94. The molecule has 0 unspecified atom stereocenters. The number of fused-ring (bicyclic) bond motifs is 1. The predicted octanol–water partition coefficient (Wildman–Crippen LogP) is 3.48. The maximum atomic E-state index is 3.57. The third kappa shape index (κ3) is 2.75. The van der Waals surface area contributed by atoms with Crippen LogP contribution in [0.4, 0.5) is 0 Å². The Morgan fingerprint density at radius 1 is 1.22 bits per heavy atom. The fourth-order valence-corrected chi connectivity index (χ4v) is 2.52. The first kappa shape index (κ1) is 11.8. The molecule has 0 radical (unpaired) electrons. The Balaban J connectivity index is 1.53. The van der Waals surface area contributed by atoms with Crippen molar-refractivity contribution in [2.75, 3.05) is 6.54 Å². The van der Waals surface area contributed by atoms with Gasteiger partial charge in [0.05, 0.1) is 0 Å². The lowest BCUT2D eigenvalue weighted by Crippen LogP contribution is -2.17. The molecule has 0 aliphatic heterocycles. The van der Waals surface area contributed by atoms with Crippen molar-refractivity contribution in [3.63, 3.8) is 0 Å². The van der Waals surface area contributed by atoms with E-state index >= 15 is 0 Å². The second-order valence-corrected chi connectivity index (χ2v) is 5.51. The molecule has 1 N–H and O–H groups in total. The van der Waals surface area contributed by atoms with Crippen molar-refractivity contribution in [2.45, 2.75) is 45.2 Å². The SMILES string of the molecule is Cc1ccc2c(ccn2CCCCNC2CC2)c1. The van der Waals surface area contributed by atoms with E-state index in [-0.39, 0.29) is 0 Å². The zero-order valence-corrected chi connectivity index (χ0v) is 11.2. The number of benzene rings is 1. The van der Waals surface area contributed by atoms with Crippen LogP contribution in [0, 0.1) is 6.92 Å². The Kier molecular flexibility index (Phi) is 3.37. The van der Waals surface area contributed by atoms with Gasteiger partial charge < -0.3 is 9.88 Å². The first-order valence-corrected chi connectivity index (χ1v) is 7.12. The molecule has 1 aromatic heterocycles. The van der Waals surface area contributed by atoms with Gasteiger partial charge >= 0.3 is 0 Å². The normalized spacial score (nSPS) is 15.4. The van der Waals surface area contributed by atoms with Gasteiger partial charge in [0.2, 0.25) is 0 Å². The fourth-order valence-electron chi connectivity index (χ4n) is 2.52. The summed E-state index contributed by atoms with van der Waals surface area (Å²) in [6.07, 6.45) is 7.54. The van der Waals surface area contributed by atoms with Crippen molar-refractivity contribution < 1.29 is 0 Å². The number of unbranched alkanes of at least 4 members (excludes halogenated alkanes) is 1. The molecular formula is C16H22N2. The van der Waals surface area contributed by atoms with Gasteiger partial charge in [-0.05, 0) is 62.7 Å². The Bertz CT molecular complexity index is 523. The quantitative estimate of drug-likeness (QED) is 0.767. The Labute approximate surface area is 109 Å². The average Bonchev–Trinajstić information content (AvgIpc) is 3.10. The van der Waals surface area contributed by atoms with Gasteiger partial charge in [-0.25, -0.2) is 0 Å². The van der Waals surface area contributed by atoms with Crippen LogP contribution in [-0.4, -0.2) is 17.2 Å². The predicted molar refractivity (Wildman–Crippen MR) is 76.9 cm³/mol. The van der Waals surface area contributed by atoms with E-state index in [1.165, 1.54) is 48.7 Å². The maximum Gasteiger partial charge on any atom is 0.0480 e. The summed E-state index contributed by atoms with van der Waals surface area (Å²) in [6.45, 7) is 4.47. The van der Waals surface area contributed by atoms with Crippen LogP contribution in [0.5, 0.6) is 0 Å². The first-order chi connectivity index (χ1) is 8.83. The van der Waals surface area contributed by atoms with Crippen LogP contribution < -0.4 is 5.32 Å². The summed E-state index contributed by atoms with van der Waals surface area (Å²) < 4.78 is 2.38. The summed E-state index contributed by atoms with van der Waals surface area (Å²) in [5.41, 5.74) is 2.71. The summed E-state index contributed by atoms with van der Waals surface area (Å²) >= 11 is 0. The first-order valence-electron chi connectivity index (χ1n) is 7.12. The Morgan fingerprint density at radius 2 is 2.11 bits per heavy atom. The lowest BCUT2D eigenvalue weighted by molar-refractivity contribution is 0.575. The van der Waals surface area contributed by atoms with E-state index in [2.05, 4.69) is 47.3 Å². The van der Waals surface area contributed by atoms with Gasteiger partial charge in [-0.1, -0.05) is 11.6 Å². The third-order valence-electron chi connectivity index (χ3n) is 3.76. The van der Waals surface area contributed by atoms with Crippen molar-refractivity contribution >= 4 is 10.9 Å². The number of hydrogen-bond acceptors (Lipinski definition) is 1. The lowest BCUT2D eigenvalue weighted by Gasteiger charge is -2.06. The van der Waals surface area contributed by atoms with Gasteiger partial charge in [0.15, 0.2) is 0 Å². The molecule has 1 aromatic carbocycles. The van der Waals surface area contributed by atoms with E-state index in [9.17, 15) is 0 Å². The van der Waals surface area contributed by atoms with Gasteiger partial charge in [0.1, 0.15) is 0 Å². The van der Waals surface area contributed by atoms with Crippen molar-refractivity contribution in [3.05, 3.63) is 36.0 Å². The van der Waals surface area contributed by atoms with Gasteiger partial charge in [-0.3, -0.25) is 0 Å². The molecule has 2 aromatic rings. The number of aryl methyl sites for hydroxylation is 2. The Hall–Kier alpha value is -1.28. The molecule has 1 aliphatic carbocycles.